The fraction of sp³-hybridized carbons (Fsp3) is 0.714. The van der Waals surface area contributed by atoms with Crippen molar-refractivity contribution in [3.63, 3.8) is 0 Å². The molecule has 0 amide bonds. The van der Waals surface area contributed by atoms with E-state index in [1.165, 1.54) is 12.8 Å². The topological polar surface area (TPSA) is 12.0 Å². The van der Waals surface area contributed by atoms with Crippen molar-refractivity contribution >= 4 is 0 Å². The van der Waals surface area contributed by atoms with E-state index in [9.17, 15) is 0 Å². The summed E-state index contributed by atoms with van der Waals surface area (Å²) in [5, 5.41) is 3.52. The molecule has 0 fully saturated rings. The van der Waals surface area contributed by atoms with Crippen molar-refractivity contribution in [3.8, 4) is 12.3 Å². The Morgan fingerprint density at radius 3 is 3.00 bits per heavy atom. The van der Waals surface area contributed by atoms with E-state index >= 15 is 0 Å². The van der Waals surface area contributed by atoms with Gasteiger partial charge in [0.15, 0.2) is 0 Å². The Hall–Kier alpha value is -0.740. The number of allylic oxidation sites excluding steroid dienone is 2. The largest absolute Gasteiger partial charge is 0.313 e. The molecule has 1 heteroatoms. The minimum Gasteiger partial charge on any atom is -0.313 e. The quantitative estimate of drug-likeness (QED) is 0.549. The third-order valence-corrected chi connectivity index (χ3v) is 3.06. The highest BCUT2D eigenvalue weighted by molar-refractivity contribution is 5.06. The van der Waals surface area contributed by atoms with Gasteiger partial charge >= 0.3 is 0 Å². The van der Waals surface area contributed by atoms with Crippen LogP contribution < -0.4 is 5.32 Å². The lowest BCUT2D eigenvalue weighted by molar-refractivity contribution is 0.366. The van der Waals surface area contributed by atoms with Crippen LogP contribution in [0, 0.1) is 24.2 Å². The maximum absolute atomic E-state index is 5.28. The summed E-state index contributed by atoms with van der Waals surface area (Å²) < 4.78 is 0. The van der Waals surface area contributed by atoms with Crippen LogP contribution in [-0.2, 0) is 0 Å². The highest BCUT2D eigenvalue weighted by Crippen LogP contribution is 2.27. The van der Waals surface area contributed by atoms with Crippen LogP contribution in [-0.4, -0.2) is 12.6 Å². The molecule has 0 bridgehead atoms. The molecule has 0 aliphatic heterocycles. The van der Waals surface area contributed by atoms with Crippen LogP contribution in [0.1, 0.15) is 40.0 Å². The summed E-state index contributed by atoms with van der Waals surface area (Å²) in [6.45, 7) is 7.82. The van der Waals surface area contributed by atoms with Gasteiger partial charge in [0.2, 0.25) is 0 Å². The van der Waals surface area contributed by atoms with Gasteiger partial charge in [-0.15, -0.1) is 12.3 Å². The van der Waals surface area contributed by atoms with Gasteiger partial charge in [0.05, 0.1) is 0 Å². The lowest BCUT2D eigenvalue weighted by atomic mass is 9.83. The van der Waals surface area contributed by atoms with Gasteiger partial charge in [0, 0.05) is 12.5 Å². The monoisotopic (exact) mass is 205 g/mol. The molecule has 0 radical (unpaired) electrons. The van der Waals surface area contributed by atoms with E-state index in [0.717, 1.165) is 24.8 Å². The summed E-state index contributed by atoms with van der Waals surface area (Å²) >= 11 is 0. The molecular formula is C14H23N. The Bertz CT molecular complexity index is 259. The minimum absolute atomic E-state index is 0.455. The van der Waals surface area contributed by atoms with Crippen LogP contribution in [0.25, 0.3) is 0 Å². The molecule has 0 saturated heterocycles. The van der Waals surface area contributed by atoms with Crippen LogP contribution in [0.2, 0.25) is 0 Å². The molecule has 84 valence electrons. The van der Waals surface area contributed by atoms with Crippen molar-refractivity contribution in [2.75, 3.05) is 6.54 Å². The van der Waals surface area contributed by atoms with Crippen LogP contribution in [0.4, 0.5) is 0 Å². The maximum Gasteiger partial charge on any atom is 0.0238 e. The normalized spacial score (nSPS) is 28.0. The first-order chi connectivity index (χ1) is 7.11. The summed E-state index contributed by atoms with van der Waals surface area (Å²) in [4.78, 5) is 0. The van der Waals surface area contributed by atoms with Crippen molar-refractivity contribution in [2.24, 2.45) is 11.8 Å². The highest BCUT2D eigenvalue weighted by atomic mass is 14.9. The van der Waals surface area contributed by atoms with Crippen LogP contribution in [0.3, 0.4) is 0 Å². The fourth-order valence-electron chi connectivity index (χ4n) is 2.46. The first-order valence-electron chi connectivity index (χ1n) is 5.96. The van der Waals surface area contributed by atoms with E-state index in [-0.39, 0.29) is 0 Å². The molecular weight excluding hydrogens is 182 g/mol. The van der Waals surface area contributed by atoms with Gasteiger partial charge < -0.3 is 5.32 Å². The summed E-state index contributed by atoms with van der Waals surface area (Å²) in [5.74, 6) is 4.24. The Balaban J connectivity index is 2.29. The Morgan fingerprint density at radius 2 is 2.40 bits per heavy atom. The molecule has 0 aromatic heterocycles. The molecule has 0 saturated carbocycles. The van der Waals surface area contributed by atoms with Crippen molar-refractivity contribution in [1.29, 1.82) is 0 Å². The molecule has 0 aromatic carbocycles. The minimum atomic E-state index is 0.455. The summed E-state index contributed by atoms with van der Waals surface area (Å²) in [6.07, 6.45) is 11.1. The van der Waals surface area contributed by atoms with E-state index in [0.29, 0.717) is 6.04 Å². The number of rotatable bonds is 4. The lowest BCUT2D eigenvalue weighted by Crippen LogP contribution is -2.32. The Labute approximate surface area is 94.3 Å². The maximum atomic E-state index is 5.28. The van der Waals surface area contributed by atoms with Crippen LogP contribution >= 0.6 is 0 Å². The summed E-state index contributed by atoms with van der Waals surface area (Å²) in [5.41, 5.74) is 1.55. The smallest absolute Gasteiger partial charge is 0.0238 e. The third-order valence-electron chi connectivity index (χ3n) is 3.06. The predicted molar refractivity (Wildman–Crippen MR) is 66.6 cm³/mol. The standard InChI is InChI=1S/C14H23N/c1-5-6-13(4)15-10-14-8-11(2)7-12(3)9-14/h1,7,11,13-15H,6,8-10H2,2-4H3. The molecule has 1 rings (SSSR count). The third kappa shape index (κ3) is 4.53. The van der Waals surface area contributed by atoms with Crippen LogP contribution in [0.5, 0.6) is 0 Å². The molecule has 3 atom stereocenters. The van der Waals surface area contributed by atoms with Crippen molar-refractivity contribution in [1.82, 2.24) is 5.32 Å². The molecule has 15 heavy (non-hydrogen) atoms. The first-order valence-corrected chi connectivity index (χ1v) is 5.96. The molecule has 3 unspecified atom stereocenters. The number of hydrogen-bond acceptors (Lipinski definition) is 1. The fourth-order valence-corrected chi connectivity index (χ4v) is 2.46. The van der Waals surface area contributed by atoms with E-state index in [2.05, 4.69) is 38.1 Å². The van der Waals surface area contributed by atoms with Crippen LogP contribution in [0.15, 0.2) is 11.6 Å². The van der Waals surface area contributed by atoms with Gasteiger partial charge in [-0.1, -0.05) is 18.6 Å². The SMILES string of the molecule is C#CCC(C)NCC1CC(C)=CC(C)C1. The zero-order valence-electron chi connectivity index (χ0n) is 10.2. The first kappa shape index (κ1) is 12.3. The second-order valence-corrected chi connectivity index (χ2v) is 5.01. The summed E-state index contributed by atoms with van der Waals surface area (Å²) in [6, 6.07) is 0.455. The van der Waals surface area contributed by atoms with Crippen molar-refractivity contribution in [3.05, 3.63) is 11.6 Å². The second-order valence-electron chi connectivity index (χ2n) is 5.01. The zero-order chi connectivity index (χ0) is 11.3. The van der Waals surface area contributed by atoms with Gasteiger partial charge in [0.25, 0.3) is 0 Å². The average Bonchev–Trinajstić information content (AvgIpc) is 2.14. The Morgan fingerprint density at radius 1 is 1.67 bits per heavy atom. The van der Waals surface area contributed by atoms with Gasteiger partial charge in [-0.05, 0) is 45.1 Å². The molecule has 1 N–H and O–H groups in total. The molecule has 0 aromatic rings. The van der Waals surface area contributed by atoms with E-state index in [1.807, 2.05) is 0 Å². The number of terminal acetylenes is 1. The molecule has 0 spiro atoms. The number of hydrogen-bond donors (Lipinski definition) is 1. The predicted octanol–water partition coefficient (Wildman–Crippen LogP) is 2.98. The molecule has 1 aliphatic carbocycles. The molecule has 1 nitrogen and oxygen atoms in total. The van der Waals surface area contributed by atoms with Gasteiger partial charge in [-0.25, -0.2) is 0 Å². The molecule has 1 aliphatic rings. The lowest BCUT2D eigenvalue weighted by Gasteiger charge is -2.26. The zero-order valence-corrected chi connectivity index (χ0v) is 10.2. The van der Waals surface area contributed by atoms with E-state index in [1.54, 1.807) is 5.57 Å². The Kier molecular flexibility index (Phi) is 4.91. The molecule has 0 heterocycles. The van der Waals surface area contributed by atoms with Crippen molar-refractivity contribution in [2.45, 2.75) is 46.1 Å². The second kappa shape index (κ2) is 5.98. The van der Waals surface area contributed by atoms with E-state index < -0.39 is 0 Å². The number of nitrogens with one attached hydrogen (secondary N) is 1. The van der Waals surface area contributed by atoms with Crippen molar-refractivity contribution < 1.29 is 0 Å². The summed E-state index contributed by atoms with van der Waals surface area (Å²) in [7, 11) is 0. The van der Waals surface area contributed by atoms with Gasteiger partial charge in [0.1, 0.15) is 0 Å². The average molecular weight is 205 g/mol. The van der Waals surface area contributed by atoms with Gasteiger partial charge in [-0.3, -0.25) is 0 Å². The van der Waals surface area contributed by atoms with Gasteiger partial charge in [-0.2, -0.15) is 0 Å². The van der Waals surface area contributed by atoms with E-state index in [4.69, 9.17) is 6.42 Å². The highest BCUT2D eigenvalue weighted by Gasteiger charge is 2.18.